The summed E-state index contributed by atoms with van der Waals surface area (Å²) >= 11 is 0. The Kier molecular flexibility index (Phi) is 5.03. The van der Waals surface area contributed by atoms with Gasteiger partial charge in [0.25, 0.3) is 0 Å². The van der Waals surface area contributed by atoms with Crippen LogP contribution in [0.15, 0.2) is 60.7 Å². The first kappa shape index (κ1) is 17.0. The molecule has 3 rings (SSSR count). The van der Waals surface area contributed by atoms with Crippen molar-refractivity contribution >= 4 is 12.1 Å². The first-order chi connectivity index (χ1) is 12.2. The zero-order chi connectivity index (χ0) is 17.7. The third kappa shape index (κ3) is 3.50. The number of carbonyl (C=O) groups is 2. The molecule has 1 aliphatic rings. The van der Waals surface area contributed by atoms with Crippen molar-refractivity contribution in [3.05, 3.63) is 71.8 Å². The number of likely N-dealkylation sites (tertiary alicyclic amines) is 1. The maximum Gasteiger partial charge on any atom is 0.411 e. The van der Waals surface area contributed by atoms with Crippen molar-refractivity contribution in [3.8, 4) is 0 Å². The summed E-state index contributed by atoms with van der Waals surface area (Å²) in [6, 6.07) is 19.1. The van der Waals surface area contributed by atoms with E-state index in [1.54, 1.807) is 0 Å². The second kappa shape index (κ2) is 7.38. The number of methoxy groups -OCH3 is 1. The first-order valence-corrected chi connectivity index (χ1v) is 8.26. The Morgan fingerprint density at radius 3 is 2.12 bits per heavy atom. The molecular formula is C20H21NO4. The van der Waals surface area contributed by atoms with Gasteiger partial charge < -0.3 is 9.47 Å². The standard InChI is InChI=1S/C20H21NO4/c1-24-18(22)20(14-16-8-4-2-5-9-16)12-13-21(20)19(23)25-15-17-10-6-3-7-11-17/h2-11H,12-15H2,1H3. The number of esters is 1. The minimum atomic E-state index is -0.982. The number of hydrogen-bond acceptors (Lipinski definition) is 4. The molecule has 5 nitrogen and oxygen atoms in total. The number of hydrogen-bond donors (Lipinski definition) is 0. The highest BCUT2D eigenvalue weighted by Crippen LogP contribution is 2.36. The van der Waals surface area contributed by atoms with Crippen LogP contribution in [0.1, 0.15) is 17.5 Å². The van der Waals surface area contributed by atoms with Crippen molar-refractivity contribution in [2.75, 3.05) is 13.7 Å². The summed E-state index contributed by atoms with van der Waals surface area (Å²) in [4.78, 5) is 26.4. The molecule has 1 saturated heterocycles. The molecule has 2 aromatic carbocycles. The molecule has 0 radical (unpaired) electrons. The van der Waals surface area contributed by atoms with E-state index in [2.05, 4.69) is 0 Å². The Morgan fingerprint density at radius 1 is 1.00 bits per heavy atom. The van der Waals surface area contributed by atoms with E-state index >= 15 is 0 Å². The van der Waals surface area contributed by atoms with Crippen molar-refractivity contribution < 1.29 is 19.1 Å². The highest BCUT2D eigenvalue weighted by atomic mass is 16.6. The van der Waals surface area contributed by atoms with Crippen LogP contribution >= 0.6 is 0 Å². The topological polar surface area (TPSA) is 55.8 Å². The van der Waals surface area contributed by atoms with Gasteiger partial charge in [-0.15, -0.1) is 0 Å². The van der Waals surface area contributed by atoms with Crippen molar-refractivity contribution in [3.63, 3.8) is 0 Å². The molecule has 1 aliphatic heterocycles. The van der Waals surface area contributed by atoms with Crippen LogP contribution in [0.2, 0.25) is 0 Å². The fourth-order valence-electron chi connectivity index (χ4n) is 3.15. The number of amides is 1. The van der Waals surface area contributed by atoms with Crippen LogP contribution in [-0.2, 0) is 27.3 Å². The number of carbonyl (C=O) groups excluding carboxylic acids is 2. The van der Waals surface area contributed by atoms with Gasteiger partial charge in [0.15, 0.2) is 0 Å². The van der Waals surface area contributed by atoms with Crippen LogP contribution in [-0.4, -0.2) is 36.2 Å². The van der Waals surface area contributed by atoms with Crippen molar-refractivity contribution in [2.24, 2.45) is 0 Å². The Hall–Kier alpha value is -2.82. The summed E-state index contributed by atoms with van der Waals surface area (Å²) in [7, 11) is 1.35. The van der Waals surface area contributed by atoms with Gasteiger partial charge in [0.1, 0.15) is 12.1 Å². The minimum absolute atomic E-state index is 0.179. The first-order valence-electron chi connectivity index (χ1n) is 8.26. The van der Waals surface area contributed by atoms with E-state index in [-0.39, 0.29) is 6.61 Å². The number of benzene rings is 2. The van der Waals surface area contributed by atoms with E-state index in [4.69, 9.17) is 9.47 Å². The fourth-order valence-corrected chi connectivity index (χ4v) is 3.15. The molecule has 1 fully saturated rings. The maximum atomic E-state index is 12.5. The van der Waals surface area contributed by atoms with Crippen molar-refractivity contribution in [2.45, 2.75) is 25.0 Å². The van der Waals surface area contributed by atoms with E-state index in [1.165, 1.54) is 12.0 Å². The molecule has 0 saturated carbocycles. The van der Waals surface area contributed by atoms with Crippen LogP contribution in [0.4, 0.5) is 4.79 Å². The normalized spacial score (nSPS) is 19.0. The molecule has 1 heterocycles. The molecule has 1 unspecified atom stereocenters. The van der Waals surface area contributed by atoms with E-state index in [0.717, 1.165) is 11.1 Å². The van der Waals surface area contributed by atoms with Crippen LogP contribution in [0.5, 0.6) is 0 Å². The molecule has 5 heteroatoms. The molecule has 0 spiro atoms. The van der Waals surface area contributed by atoms with Gasteiger partial charge in [-0.25, -0.2) is 9.59 Å². The molecule has 130 valence electrons. The second-order valence-corrected chi connectivity index (χ2v) is 6.13. The van der Waals surface area contributed by atoms with Crippen LogP contribution in [0.3, 0.4) is 0 Å². The van der Waals surface area contributed by atoms with Gasteiger partial charge in [0.2, 0.25) is 0 Å². The molecule has 1 amide bonds. The summed E-state index contributed by atoms with van der Waals surface area (Å²) in [6.07, 6.45) is 0.493. The maximum absolute atomic E-state index is 12.5. The van der Waals surface area contributed by atoms with Crippen molar-refractivity contribution in [1.82, 2.24) is 4.90 Å². The molecular weight excluding hydrogens is 318 g/mol. The third-order valence-electron chi connectivity index (χ3n) is 4.60. The molecule has 2 aromatic rings. The zero-order valence-electron chi connectivity index (χ0n) is 14.2. The van der Waals surface area contributed by atoms with Crippen molar-refractivity contribution in [1.29, 1.82) is 0 Å². The van der Waals surface area contributed by atoms with E-state index in [9.17, 15) is 9.59 Å². The monoisotopic (exact) mass is 339 g/mol. The summed E-state index contributed by atoms with van der Waals surface area (Å²) in [5, 5.41) is 0. The van der Waals surface area contributed by atoms with E-state index in [1.807, 2.05) is 60.7 Å². The van der Waals surface area contributed by atoms with Gasteiger partial charge in [-0.1, -0.05) is 60.7 Å². The van der Waals surface area contributed by atoms with Gasteiger partial charge >= 0.3 is 12.1 Å². The highest BCUT2D eigenvalue weighted by Gasteiger charge is 2.55. The van der Waals surface area contributed by atoms with Crippen LogP contribution in [0.25, 0.3) is 0 Å². The molecule has 25 heavy (non-hydrogen) atoms. The second-order valence-electron chi connectivity index (χ2n) is 6.13. The predicted molar refractivity (Wildman–Crippen MR) is 92.8 cm³/mol. The van der Waals surface area contributed by atoms with Gasteiger partial charge in [-0.3, -0.25) is 4.90 Å². The van der Waals surface area contributed by atoms with E-state index in [0.29, 0.717) is 19.4 Å². The lowest BCUT2D eigenvalue weighted by Gasteiger charge is -2.49. The van der Waals surface area contributed by atoms with Crippen LogP contribution < -0.4 is 0 Å². The summed E-state index contributed by atoms with van der Waals surface area (Å²) in [6.45, 7) is 0.661. The Bertz CT molecular complexity index is 732. The third-order valence-corrected chi connectivity index (χ3v) is 4.60. The fraction of sp³-hybridized carbons (Fsp3) is 0.300. The number of rotatable bonds is 5. The lowest BCUT2D eigenvalue weighted by molar-refractivity contribution is -0.162. The predicted octanol–water partition coefficient (Wildman–Crippen LogP) is 3.18. The van der Waals surface area contributed by atoms with Crippen LogP contribution in [0, 0.1) is 0 Å². The molecule has 1 atom stereocenters. The molecule has 0 aromatic heterocycles. The largest absolute Gasteiger partial charge is 0.467 e. The molecule has 0 N–H and O–H groups in total. The van der Waals surface area contributed by atoms with Gasteiger partial charge in [-0.2, -0.15) is 0 Å². The Balaban J connectivity index is 1.72. The minimum Gasteiger partial charge on any atom is -0.467 e. The number of nitrogens with zero attached hydrogens (tertiary/aromatic N) is 1. The summed E-state index contributed by atoms with van der Waals surface area (Å²) in [5.41, 5.74) is 0.903. The highest BCUT2D eigenvalue weighted by molar-refractivity contribution is 5.88. The summed E-state index contributed by atoms with van der Waals surface area (Å²) in [5.74, 6) is -0.403. The Labute approximate surface area is 147 Å². The Morgan fingerprint density at radius 2 is 1.60 bits per heavy atom. The lowest BCUT2D eigenvalue weighted by Crippen LogP contribution is -2.68. The molecule has 0 aliphatic carbocycles. The quantitative estimate of drug-likeness (QED) is 0.785. The smallest absolute Gasteiger partial charge is 0.411 e. The molecule has 0 bridgehead atoms. The van der Waals surface area contributed by atoms with Gasteiger partial charge in [-0.05, 0) is 17.5 Å². The average Bonchev–Trinajstić information content (AvgIpc) is 2.64. The van der Waals surface area contributed by atoms with Gasteiger partial charge in [0.05, 0.1) is 7.11 Å². The lowest BCUT2D eigenvalue weighted by atomic mass is 9.79. The SMILES string of the molecule is COC(=O)C1(Cc2ccccc2)CCN1C(=O)OCc1ccccc1. The van der Waals surface area contributed by atoms with Gasteiger partial charge in [0, 0.05) is 13.0 Å². The summed E-state index contributed by atoms with van der Waals surface area (Å²) < 4.78 is 10.4. The zero-order valence-corrected chi connectivity index (χ0v) is 14.2. The van der Waals surface area contributed by atoms with E-state index < -0.39 is 17.6 Å². The number of ether oxygens (including phenoxy) is 2. The average molecular weight is 339 g/mol.